The summed E-state index contributed by atoms with van der Waals surface area (Å²) in [6, 6.07) is 7.09. The second-order valence-corrected chi connectivity index (χ2v) is 8.88. The Labute approximate surface area is 153 Å². The normalized spacial score (nSPS) is 19.1. The van der Waals surface area contributed by atoms with Gasteiger partial charge in [-0.1, -0.05) is 17.7 Å². The van der Waals surface area contributed by atoms with Crippen LogP contribution in [0.25, 0.3) is 0 Å². The lowest BCUT2D eigenvalue weighted by atomic mass is 10.1. The minimum Gasteiger partial charge on any atom is -0.267 e. The largest absolute Gasteiger partial charge is 0.271 e. The standard InChI is InChI=1S/C18H22N4O3S/c1-12-4-6-15(7-5-12)18(23)20-19-10-17-13(2)21-22(14(17)3)16-8-9-26(24,25)11-16/h4-7,10,16H,8-9,11H2,1-3H3,(H,20,23)/b19-10-/t16-/m0/s1. The van der Waals surface area contributed by atoms with Gasteiger partial charge in [0.05, 0.1) is 29.5 Å². The van der Waals surface area contributed by atoms with Gasteiger partial charge in [-0.25, -0.2) is 13.8 Å². The van der Waals surface area contributed by atoms with Gasteiger partial charge in [0.15, 0.2) is 9.84 Å². The fraction of sp³-hybridized carbons (Fsp3) is 0.389. The van der Waals surface area contributed by atoms with Gasteiger partial charge in [0.2, 0.25) is 0 Å². The summed E-state index contributed by atoms with van der Waals surface area (Å²) in [4.78, 5) is 12.1. The van der Waals surface area contributed by atoms with Crippen molar-refractivity contribution in [2.45, 2.75) is 33.2 Å². The van der Waals surface area contributed by atoms with E-state index in [1.54, 1.807) is 23.0 Å². The summed E-state index contributed by atoms with van der Waals surface area (Å²) in [7, 11) is -2.98. The van der Waals surface area contributed by atoms with Crippen molar-refractivity contribution in [2.75, 3.05) is 11.5 Å². The van der Waals surface area contributed by atoms with Crippen molar-refractivity contribution in [3.63, 3.8) is 0 Å². The van der Waals surface area contributed by atoms with Crippen LogP contribution in [0, 0.1) is 20.8 Å². The maximum absolute atomic E-state index is 12.1. The Bertz CT molecular complexity index is 959. The summed E-state index contributed by atoms with van der Waals surface area (Å²) >= 11 is 0. The molecule has 2 heterocycles. The molecule has 26 heavy (non-hydrogen) atoms. The smallest absolute Gasteiger partial charge is 0.267 e. The Morgan fingerprint density at radius 2 is 1.96 bits per heavy atom. The summed E-state index contributed by atoms with van der Waals surface area (Å²) in [5, 5.41) is 8.51. The van der Waals surface area contributed by atoms with E-state index in [2.05, 4.69) is 15.6 Å². The van der Waals surface area contributed by atoms with Crippen LogP contribution in [0.2, 0.25) is 0 Å². The van der Waals surface area contributed by atoms with Crippen molar-refractivity contribution in [2.24, 2.45) is 5.10 Å². The molecule has 1 aromatic heterocycles. The summed E-state index contributed by atoms with van der Waals surface area (Å²) in [6.45, 7) is 5.68. The molecule has 1 atom stereocenters. The first-order chi connectivity index (χ1) is 12.3. The first kappa shape index (κ1) is 18.3. The van der Waals surface area contributed by atoms with Crippen molar-refractivity contribution in [3.8, 4) is 0 Å². The quantitative estimate of drug-likeness (QED) is 0.654. The lowest BCUT2D eigenvalue weighted by Gasteiger charge is -2.10. The Morgan fingerprint density at radius 3 is 2.58 bits per heavy atom. The van der Waals surface area contributed by atoms with Crippen LogP contribution in [0.15, 0.2) is 29.4 Å². The number of carbonyl (C=O) groups excluding carboxylic acids is 1. The lowest BCUT2D eigenvalue weighted by Crippen LogP contribution is -2.17. The predicted octanol–water partition coefficient (Wildman–Crippen LogP) is 1.93. The molecule has 0 aliphatic carbocycles. The Balaban J connectivity index is 1.73. The van der Waals surface area contributed by atoms with E-state index in [4.69, 9.17) is 0 Å². The fourth-order valence-corrected chi connectivity index (χ4v) is 4.80. The molecule has 7 nitrogen and oxygen atoms in total. The van der Waals surface area contributed by atoms with E-state index in [9.17, 15) is 13.2 Å². The molecule has 2 aromatic rings. The molecule has 0 unspecified atom stereocenters. The number of rotatable bonds is 4. The summed E-state index contributed by atoms with van der Waals surface area (Å²) < 4.78 is 25.2. The zero-order valence-corrected chi connectivity index (χ0v) is 15.9. The van der Waals surface area contributed by atoms with Crippen LogP contribution in [0.4, 0.5) is 0 Å². The van der Waals surface area contributed by atoms with E-state index in [1.807, 2.05) is 32.9 Å². The zero-order valence-electron chi connectivity index (χ0n) is 15.1. The highest BCUT2D eigenvalue weighted by molar-refractivity contribution is 7.91. The number of nitrogens with zero attached hydrogens (tertiary/aromatic N) is 3. The van der Waals surface area contributed by atoms with Crippen LogP contribution in [-0.4, -0.2) is 41.8 Å². The molecule has 1 N–H and O–H groups in total. The molecule has 1 aliphatic heterocycles. The number of benzene rings is 1. The molecule has 0 bridgehead atoms. The second kappa shape index (κ2) is 7.03. The van der Waals surface area contributed by atoms with Gasteiger partial charge in [0.1, 0.15) is 0 Å². The van der Waals surface area contributed by atoms with Crippen LogP contribution in [0.3, 0.4) is 0 Å². The number of sulfone groups is 1. The van der Waals surface area contributed by atoms with Gasteiger partial charge in [0.25, 0.3) is 5.91 Å². The van der Waals surface area contributed by atoms with Crippen LogP contribution in [0.5, 0.6) is 0 Å². The van der Waals surface area contributed by atoms with E-state index in [-0.39, 0.29) is 23.5 Å². The Morgan fingerprint density at radius 1 is 1.27 bits per heavy atom. The van der Waals surface area contributed by atoms with Crippen molar-refractivity contribution < 1.29 is 13.2 Å². The van der Waals surface area contributed by atoms with E-state index in [0.717, 1.165) is 22.5 Å². The molecule has 138 valence electrons. The first-order valence-electron chi connectivity index (χ1n) is 8.43. The monoisotopic (exact) mass is 374 g/mol. The lowest BCUT2D eigenvalue weighted by molar-refractivity contribution is 0.0955. The van der Waals surface area contributed by atoms with Gasteiger partial charge in [-0.05, 0) is 39.3 Å². The van der Waals surface area contributed by atoms with Crippen LogP contribution >= 0.6 is 0 Å². The second-order valence-electron chi connectivity index (χ2n) is 6.65. The number of aromatic nitrogens is 2. The van der Waals surface area contributed by atoms with Crippen molar-refractivity contribution in [3.05, 3.63) is 52.3 Å². The van der Waals surface area contributed by atoms with Crippen LogP contribution < -0.4 is 5.43 Å². The number of carbonyl (C=O) groups is 1. The van der Waals surface area contributed by atoms with E-state index >= 15 is 0 Å². The Kier molecular flexibility index (Phi) is 4.95. The number of nitrogens with one attached hydrogen (secondary N) is 1. The van der Waals surface area contributed by atoms with Crippen LogP contribution in [-0.2, 0) is 9.84 Å². The van der Waals surface area contributed by atoms with Gasteiger partial charge in [0, 0.05) is 16.8 Å². The molecule has 1 aromatic carbocycles. The SMILES string of the molecule is Cc1ccc(C(=O)N/N=C\c2c(C)nn([C@H]3CCS(=O)(=O)C3)c2C)cc1. The predicted molar refractivity (Wildman–Crippen MR) is 100 cm³/mol. The van der Waals surface area contributed by atoms with Crippen molar-refractivity contribution in [1.82, 2.24) is 15.2 Å². The van der Waals surface area contributed by atoms with E-state index in [1.165, 1.54) is 0 Å². The van der Waals surface area contributed by atoms with Crippen molar-refractivity contribution in [1.29, 1.82) is 0 Å². The molecular formula is C18H22N4O3S. The molecule has 3 rings (SSSR count). The van der Waals surface area contributed by atoms with Gasteiger partial charge in [-0.15, -0.1) is 0 Å². The number of amides is 1. The fourth-order valence-electron chi connectivity index (χ4n) is 3.11. The van der Waals surface area contributed by atoms with Crippen LogP contribution in [0.1, 0.15) is 45.3 Å². The summed E-state index contributed by atoms with van der Waals surface area (Å²) in [6.07, 6.45) is 2.13. The highest BCUT2D eigenvalue weighted by atomic mass is 32.2. The molecule has 1 aliphatic rings. The van der Waals surface area contributed by atoms with Gasteiger partial charge >= 0.3 is 0 Å². The molecule has 0 saturated carbocycles. The third-order valence-electron chi connectivity index (χ3n) is 4.61. The molecule has 1 amide bonds. The minimum atomic E-state index is -2.98. The topological polar surface area (TPSA) is 93.4 Å². The third kappa shape index (κ3) is 3.85. The zero-order chi connectivity index (χ0) is 18.9. The molecule has 0 radical (unpaired) electrons. The minimum absolute atomic E-state index is 0.121. The van der Waals surface area contributed by atoms with E-state index in [0.29, 0.717) is 12.0 Å². The highest BCUT2D eigenvalue weighted by Gasteiger charge is 2.31. The molecular weight excluding hydrogens is 352 g/mol. The van der Waals surface area contributed by atoms with Gasteiger partial charge in [-0.3, -0.25) is 9.48 Å². The van der Waals surface area contributed by atoms with Gasteiger partial charge in [-0.2, -0.15) is 10.2 Å². The number of hydrazone groups is 1. The maximum Gasteiger partial charge on any atom is 0.271 e. The summed E-state index contributed by atoms with van der Waals surface area (Å²) in [5.41, 5.74) is 6.51. The summed E-state index contributed by atoms with van der Waals surface area (Å²) in [5.74, 6) is 0.0349. The molecule has 8 heteroatoms. The molecule has 1 saturated heterocycles. The Hall–Kier alpha value is -2.48. The average Bonchev–Trinajstić information content (AvgIpc) is 3.08. The number of hydrogen-bond acceptors (Lipinski definition) is 5. The highest BCUT2D eigenvalue weighted by Crippen LogP contribution is 2.26. The molecule has 1 fully saturated rings. The van der Waals surface area contributed by atoms with Gasteiger partial charge < -0.3 is 0 Å². The number of aryl methyl sites for hydroxylation is 2. The third-order valence-corrected chi connectivity index (χ3v) is 6.36. The average molecular weight is 374 g/mol. The van der Waals surface area contributed by atoms with Crippen molar-refractivity contribution >= 4 is 22.0 Å². The maximum atomic E-state index is 12.1. The first-order valence-corrected chi connectivity index (χ1v) is 10.2. The molecule has 0 spiro atoms. The number of hydrogen-bond donors (Lipinski definition) is 1. The van der Waals surface area contributed by atoms with E-state index < -0.39 is 9.84 Å².